The zero-order valence-corrected chi connectivity index (χ0v) is 32.5. The topological polar surface area (TPSA) is 45.0 Å². The lowest BCUT2D eigenvalue weighted by Gasteiger charge is -2.37. The summed E-state index contributed by atoms with van der Waals surface area (Å²) in [5, 5.41) is 11.7. The number of rotatable bonds is 6. The van der Waals surface area contributed by atoms with E-state index in [0.717, 1.165) is 33.9 Å². The van der Waals surface area contributed by atoms with Crippen LogP contribution in [-0.4, -0.2) is 22.6 Å². The first-order chi connectivity index (χ1) is 23.6. The minimum Gasteiger partial charge on any atom is -0.388 e. The molecule has 262 valence electrons. The van der Waals surface area contributed by atoms with Gasteiger partial charge in [0.15, 0.2) is 0 Å². The number of aliphatic hydroxyl groups excluding tert-OH is 1. The Morgan fingerprint density at radius 3 is 1.40 bits per heavy atom. The van der Waals surface area contributed by atoms with E-state index in [2.05, 4.69) is 156 Å². The number of nitrogens with zero attached hydrogens (tertiary/aromatic N) is 2. The summed E-state index contributed by atoms with van der Waals surface area (Å²) in [6.07, 6.45) is 1.45. The molecule has 2 aliphatic carbocycles. The summed E-state index contributed by atoms with van der Waals surface area (Å²) in [4.78, 5) is 11.2. The van der Waals surface area contributed by atoms with Gasteiger partial charge in [-0.05, 0) is 75.5 Å². The van der Waals surface area contributed by atoms with E-state index in [1.807, 2.05) is 18.2 Å². The van der Waals surface area contributed by atoms with E-state index in [9.17, 15) is 5.11 Å². The first-order valence-corrected chi connectivity index (χ1v) is 18.6. The number of aliphatic hydroxyl groups is 1. The van der Waals surface area contributed by atoms with Gasteiger partial charge < -0.3 is 5.11 Å². The Kier molecular flexibility index (Phi) is 11.2. The zero-order valence-electron chi connectivity index (χ0n) is 32.5. The van der Waals surface area contributed by atoms with Gasteiger partial charge in [-0.2, -0.15) is 0 Å². The molecule has 0 amide bonds. The Hall–Kier alpha value is -4.08. The van der Waals surface area contributed by atoms with Crippen LogP contribution in [-0.2, 0) is 0 Å². The van der Waals surface area contributed by atoms with Crippen LogP contribution in [0.5, 0.6) is 0 Å². The molecule has 0 unspecified atom stereocenters. The van der Waals surface area contributed by atoms with Crippen LogP contribution in [0.3, 0.4) is 0 Å². The Labute approximate surface area is 302 Å². The minimum absolute atomic E-state index is 0.0184. The van der Waals surface area contributed by atoms with Gasteiger partial charge in [-0.25, -0.2) is 9.98 Å². The van der Waals surface area contributed by atoms with Gasteiger partial charge in [0.2, 0.25) is 0 Å². The zero-order chi connectivity index (χ0) is 36.5. The lowest BCUT2D eigenvalue weighted by atomic mass is 9.68. The van der Waals surface area contributed by atoms with Crippen molar-refractivity contribution >= 4 is 28.4 Å². The number of hydrogen-bond donors (Lipinski definition) is 1. The standard InChI is InChI=1S/C40H50N2O.C7H8/c1-22(2)26-15-12-16-27(23(3)4)36(26)41-38-31-20-14-19-30-34(31)32(21-33(43)35(30)40(9,10)11)39(38)42-37-28(24(5)6)17-13-18-29(37)25(7)8;1-7-5-3-2-4-6-7/h12-25,33,35,43H,1-11H3;2-6H,1H3/t33-,35-;/m1./s1. The van der Waals surface area contributed by atoms with Gasteiger partial charge in [0, 0.05) is 17.1 Å². The minimum atomic E-state index is -0.610. The fourth-order valence-electron chi connectivity index (χ4n) is 7.56. The molecule has 6 rings (SSSR count). The van der Waals surface area contributed by atoms with E-state index in [0.29, 0.717) is 23.7 Å². The van der Waals surface area contributed by atoms with E-state index < -0.39 is 6.10 Å². The summed E-state index contributed by atoms with van der Waals surface area (Å²) >= 11 is 0. The van der Waals surface area contributed by atoms with E-state index in [1.54, 1.807) is 0 Å². The number of allylic oxidation sites excluding steroid dienone is 1. The van der Waals surface area contributed by atoms with Gasteiger partial charge in [-0.1, -0.05) is 167 Å². The van der Waals surface area contributed by atoms with Crippen LogP contribution < -0.4 is 0 Å². The van der Waals surface area contributed by atoms with Crippen molar-refractivity contribution in [3.63, 3.8) is 0 Å². The van der Waals surface area contributed by atoms with E-state index in [-0.39, 0.29) is 11.3 Å². The Morgan fingerprint density at radius 1 is 0.560 bits per heavy atom. The molecule has 4 aromatic rings. The first-order valence-electron chi connectivity index (χ1n) is 18.6. The molecule has 3 heteroatoms. The van der Waals surface area contributed by atoms with Crippen molar-refractivity contribution in [1.29, 1.82) is 0 Å². The molecule has 2 aliphatic rings. The van der Waals surface area contributed by atoms with Gasteiger partial charge in [0.05, 0.1) is 28.9 Å². The van der Waals surface area contributed by atoms with Crippen LogP contribution in [0.15, 0.2) is 101 Å². The fourth-order valence-corrected chi connectivity index (χ4v) is 7.56. The van der Waals surface area contributed by atoms with Crippen LogP contribution in [0.4, 0.5) is 11.4 Å². The Balaban J connectivity index is 0.000000619. The monoisotopic (exact) mass is 666 g/mol. The molecule has 50 heavy (non-hydrogen) atoms. The summed E-state index contributed by atoms with van der Waals surface area (Å²) in [7, 11) is 0. The third kappa shape index (κ3) is 7.49. The largest absolute Gasteiger partial charge is 0.388 e. The fraction of sp³-hybridized carbons (Fsp3) is 0.404. The molecule has 0 saturated carbocycles. The highest BCUT2D eigenvalue weighted by atomic mass is 16.3. The van der Waals surface area contributed by atoms with E-state index in [4.69, 9.17) is 9.98 Å². The average molecular weight is 667 g/mol. The first kappa shape index (κ1) is 37.2. The van der Waals surface area contributed by atoms with Gasteiger partial charge >= 0.3 is 0 Å². The molecule has 1 N–H and O–H groups in total. The highest BCUT2D eigenvalue weighted by Crippen LogP contribution is 2.50. The predicted molar refractivity (Wildman–Crippen MR) is 216 cm³/mol. The second-order valence-corrected chi connectivity index (χ2v) is 16.4. The van der Waals surface area contributed by atoms with Crippen LogP contribution in [0.1, 0.15) is 150 Å². The molecule has 0 saturated heterocycles. The van der Waals surface area contributed by atoms with Crippen molar-refractivity contribution in [2.24, 2.45) is 15.4 Å². The molecule has 0 fully saturated rings. The van der Waals surface area contributed by atoms with Crippen molar-refractivity contribution in [2.45, 2.75) is 119 Å². The smallest absolute Gasteiger partial charge is 0.0978 e. The summed E-state index contributed by atoms with van der Waals surface area (Å²) in [5.41, 5.74) is 14.6. The molecule has 4 aromatic carbocycles. The lowest BCUT2D eigenvalue weighted by Crippen LogP contribution is -2.32. The highest BCUT2D eigenvalue weighted by Gasteiger charge is 2.43. The molecule has 2 atom stereocenters. The van der Waals surface area contributed by atoms with Gasteiger partial charge in [-0.15, -0.1) is 0 Å². The predicted octanol–water partition coefficient (Wildman–Crippen LogP) is 13.0. The number of hydrogen-bond acceptors (Lipinski definition) is 3. The molecule has 0 aliphatic heterocycles. The van der Waals surface area contributed by atoms with Crippen LogP contribution >= 0.6 is 0 Å². The van der Waals surface area contributed by atoms with Crippen molar-refractivity contribution in [3.05, 3.63) is 136 Å². The molecular formula is C47H58N2O. The maximum atomic E-state index is 11.7. The van der Waals surface area contributed by atoms with E-state index in [1.165, 1.54) is 38.9 Å². The molecule has 0 spiro atoms. The Bertz CT molecular complexity index is 1860. The van der Waals surface area contributed by atoms with Crippen molar-refractivity contribution in [3.8, 4) is 0 Å². The summed E-state index contributed by atoms with van der Waals surface area (Å²) in [6, 6.07) is 30.0. The maximum Gasteiger partial charge on any atom is 0.0978 e. The second kappa shape index (κ2) is 15.0. The van der Waals surface area contributed by atoms with Gasteiger partial charge in [0.25, 0.3) is 0 Å². The molecule has 0 heterocycles. The highest BCUT2D eigenvalue weighted by molar-refractivity contribution is 6.67. The van der Waals surface area contributed by atoms with E-state index >= 15 is 0 Å². The summed E-state index contributed by atoms with van der Waals surface area (Å²) in [5.74, 6) is 1.29. The van der Waals surface area contributed by atoms with Crippen LogP contribution in [0.2, 0.25) is 0 Å². The normalized spacial score (nSPS) is 18.6. The van der Waals surface area contributed by atoms with Crippen molar-refractivity contribution in [2.75, 3.05) is 0 Å². The van der Waals surface area contributed by atoms with Gasteiger partial charge in [0.1, 0.15) is 0 Å². The number of benzene rings is 4. The molecular weight excluding hydrogens is 609 g/mol. The quantitative estimate of drug-likeness (QED) is 0.219. The number of aliphatic imine (C=N–C) groups is 2. The van der Waals surface area contributed by atoms with Crippen LogP contribution in [0.25, 0.3) is 5.57 Å². The molecule has 0 radical (unpaired) electrons. The summed E-state index contributed by atoms with van der Waals surface area (Å²) < 4.78 is 0. The molecule has 0 bridgehead atoms. The maximum absolute atomic E-state index is 11.7. The van der Waals surface area contributed by atoms with Gasteiger partial charge in [-0.3, -0.25) is 0 Å². The lowest BCUT2D eigenvalue weighted by molar-refractivity contribution is 0.126. The third-order valence-corrected chi connectivity index (χ3v) is 10.1. The SMILES string of the molecule is CC(C)c1cccc(C(C)C)c1N=C1C2=C[C@@H](O)[C@H](C(C)(C)C)c3cccc(c32)C1=Nc1c(C(C)C)cccc1C(C)C.Cc1ccccc1. The number of aryl methyl sites for hydroxylation is 1. The average Bonchev–Trinajstić information content (AvgIpc) is 3.33. The van der Waals surface area contributed by atoms with Crippen molar-refractivity contribution in [1.82, 2.24) is 0 Å². The number of para-hydroxylation sites is 2. The van der Waals surface area contributed by atoms with Crippen molar-refractivity contribution < 1.29 is 5.11 Å². The molecule has 0 aromatic heterocycles. The second-order valence-electron chi connectivity index (χ2n) is 16.4. The summed E-state index contributed by atoms with van der Waals surface area (Å²) in [6.45, 7) is 26.7. The third-order valence-electron chi connectivity index (χ3n) is 10.1. The Morgan fingerprint density at radius 2 is 1.00 bits per heavy atom. The molecule has 3 nitrogen and oxygen atoms in total. The van der Waals surface area contributed by atoms with Crippen LogP contribution in [0, 0.1) is 12.3 Å².